The first-order chi connectivity index (χ1) is 12.0. The quantitative estimate of drug-likeness (QED) is 0.224. The molecule has 0 spiro atoms. The summed E-state index contributed by atoms with van der Waals surface area (Å²) in [6.45, 7) is -0.322. The lowest BCUT2D eigenvalue weighted by Gasteiger charge is -2.12. The Bertz CT molecular complexity index is 916. The molecule has 0 amide bonds. The molecule has 0 radical (unpaired) electrons. The van der Waals surface area contributed by atoms with Crippen LogP contribution in [0.1, 0.15) is 5.56 Å². The van der Waals surface area contributed by atoms with E-state index in [2.05, 4.69) is 14.1 Å². The standard InChI is InChI=1S/C17H12F2O5S/c18-17(19,25-24-23-21)16(20)22-10-11-5-6-14-8-12-3-1-2-4-13(12)9-15(14)7-11/h1-9,21H,10H2. The lowest BCUT2D eigenvalue weighted by atomic mass is 10.0. The molecule has 0 heterocycles. The Kier molecular flexibility index (Phi) is 5.14. The van der Waals surface area contributed by atoms with Crippen LogP contribution < -0.4 is 0 Å². The second-order valence-corrected chi connectivity index (χ2v) is 6.02. The topological polar surface area (TPSA) is 65.0 Å². The van der Waals surface area contributed by atoms with Crippen molar-refractivity contribution in [1.82, 2.24) is 0 Å². The van der Waals surface area contributed by atoms with Crippen LogP contribution in [0.4, 0.5) is 8.78 Å². The second kappa shape index (κ2) is 7.32. The van der Waals surface area contributed by atoms with Gasteiger partial charge in [0.2, 0.25) is 0 Å². The molecule has 0 aromatic heterocycles. The maximum Gasteiger partial charge on any atom is 0.415 e. The summed E-state index contributed by atoms with van der Waals surface area (Å²) >= 11 is -0.654. The zero-order valence-electron chi connectivity index (χ0n) is 12.6. The monoisotopic (exact) mass is 366 g/mol. The molecule has 0 saturated carbocycles. The van der Waals surface area contributed by atoms with Crippen LogP contribution in [0.3, 0.4) is 0 Å². The first-order valence-electron chi connectivity index (χ1n) is 7.12. The van der Waals surface area contributed by atoms with Gasteiger partial charge in [-0.25, -0.2) is 10.1 Å². The highest BCUT2D eigenvalue weighted by molar-refractivity contribution is 7.96. The first-order valence-corrected chi connectivity index (χ1v) is 7.86. The number of hydrogen-bond acceptors (Lipinski definition) is 6. The van der Waals surface area contributed by atoms with Crippen molar-refractivity contribution in [3.8, 4) is 0 Å². The van der Waals surface area contributed by atoms with Gasteiger partial charge in [-0.05, 0) is 45.3 Å². The lowest BCUT2D eigenvalue weighted by molar-refractivity contribution is -0.433. The summed E-state index contributed by atoms with van der Waals surface area (Å²) in [5.41, 5.74) is 0.566. The molecule has 25 heavy (non-hydrogen) atoms. The summed E-state index contributed by atoms with van der Waals surface area (Å²) < 4.78 is 34.8. The minimum atomic E-state index is -4.00. The average Bonchev–Trinajstić information content (AvgIpc) is 2.62. The van der Waals surface area contributed by atoms with Gasteiger partial charge in [0, 0.05) is 0 Å². The molecule has 0 aliphatic heterocycles. The van der Waals surface area contributed by atoms with Crippen molar-refractivity contribution >= 4 is 39.6 Å². The van der Waals surface area contributed by atoms with Crippen molar-refractivity contribution in [2.24, 2.45) is 0 Å². The number of esters is 1. The van der Waals surface area contributed by atoms with Crippen molar-refractivity contribution in [2.75, 3.05) is 0 Å². The van der Waals surface area contributed by atoms with Gasteiger partial charge in [-0.15, -0.1) is 4.33 Å². The highest BCUT2D eigenvalue weighted by Crippen LogP contribution is 2.31. The molecule has 0 saturated heterocycles. The molecular formula is C17H12F2O5S. The maximum atomic E-state index is 13.3. The maximum absolute atomic E-state index is 13.3. The summed E-state index contributed by atoms with van der Waals surface area (Å²) in [5, 5.41) is 11.0. The average molecular weight is 366 g/mol. The predicted octanol–water partition coefficient (Wildman–Crippen LogP) is 4.70. The van der Waals surface area contributed by atoms with Gasteiger partial charge in [-0.1, -0.05) is 41.4 Å². The van der Waals surface area contributed by atoms with E-state index in [1.54, 1.807) is 12.1 Å². The van der Waals surface area contributed by atoms with E-state index in [0.717, 1.165) is 21.5 Å². The van der Waals surface area contributed by atoms with Crippen LogP contribution in [0.25, 0.3) is 21.5 Å². The van der Waals surface area contributed by atoms with E-state index < -0.39 is 23.3 Å². The molecule has 1 N–H and O–H groups in total. The number of hydrogen-bond donors (Lipinski definition) is 1. The van der Waals surface area contributed by atoms with Gasteiger partial charge in [-0.2, -0.15) is 8.78 Å². The van der Waals surface area contributed by atoms with Crippen LogP contribution in [0.15, 0.2) is 54.6 Å². The molecule has 0 bridgehead atoms. The molecular weight excluding hydrogens is 354 g/mol. The molecule has 8 heteroatoms. The number of benzene rings is 3. The zero-order valence-corrected chi connectivity index (χ0v) is 13.5. The van der Waals surface area contributed by atoms with Crippen LogP contribution in [-0.4, -0.2) is 16.5 Å². The SMILES string of the molecule is O=C(OCc1ccc2cc3ccccc3cc2c1)C(F)(F)SOOO. The summed E-state index contributed by atoms with van der Waals surface area (Å²) in [6, 6.07) is 17.2. The smallest absolute Gasteiger partial charge is 0.415 e. The molecule has 3 aromatic rings. The Morgan fingerprint density at radius 1 is 1.00 bits per heavy atom. The van der Waals surface area contributed by atoms with E-state index in [9.17, 15) is 13.6 Å². The van der Waals surface area contributed by atoms with Crippen LogP contribution in [0.5, 0.6) is 0 Å². The van der Waals surface area contributed by atoms with Crippen LogP contribution in [-0.2, 0) is 25.5 Å². The summed E-state index contributed by atoms with van der Waals surface area (Å²) in [6.07, 6.45) is 0. The first kappa shape index (κ1) is 17.6. The Hall–Kier alpha value is -2.26. The fourth-order valence-corrected chi connectivity index (χ4v) is 2.65. The molecule has 3 aromatic carbocycles. The molecule has 0 unspecified atom stereocenters. The third-order valence-corrected chi connectivity index (χ3v) is 4.05. The number of rotatable bonds is 6. The Balaban J connectivity index is 1.75. The van der Waals surface area contributed by atoms with E-state index >= 15 is 0 Å². The van der Waals surface area contributed by atoms with Gasteiger partial charge in [0.25, 0.3) is 0 Å². The van der Waals surface area contributed by atoms with Crippen LogP contribution >= 0.6 is 12.0 Å². The number of carbonyl (C=O) groups is 1. The van der Waals surface area contributed by atoms with Crippen molar-refractivity contribution in [3.63, 3.8) is 0 Å². The highest BCUT2D eigenvalue weighted by atomic mass is 32.2. The highest BCUT2D eigenvalue weighted by Gasteiger charge is 2.44. The summed E-state index contributed by atoms with van der Waals surface area (Å²) in [5.74, 6) is -1.80. The second-order valence-electron chi connectivity index (χ2n) is 5.20. The van der Waals surface area contributed by atoms with E-state index in [0.29, 0.717) is 5.56 Å². The Morgan fingerprint density at radius 2 is 1.64 bits per heavy atom. The fourth-order valence-electron chi connectivity index (χ4n) is 2.40. The van der Waals surface area contributed by atoms with E-state index in [1.165, 1.54) is 0 Å². The molecule has 3 rings (SSSR count). The fraction of sp³-hybridized carbons (Fsp3) is 0.118. The van der Waals surface area contributed by atoms with Gasteiger partial charge in [0.1, 0.15) is 18.6 Å². The molecule has 5 nitrogen and oxygen atoms in total. The van der Waals surface area contributed by atoms with E-state index in [4.69, 9.17) is 5.26 Å². The minimum absolute atomic E-state index is 0.322. The number of ether oxygens (including phenoxy) is 1. The molecule has 0 aliphatic rings. The van der Waals surface area contributed by atoms with Gasteiger partial charge in [0.05, 0.1) is 0 Å². The molecule has 0 fully saturated rings. The number of carbonyl (C=O) groups excluding carboxylic acids is 1. The third-order valence-electron chi connectivity index (χ3n) is 3.55. The Morgan fingerprint density at radius 3 is 2.32 bits per heavy atom. The number of alkyl halides is 2. The molecule has 130 valence electrons. The Labute approximate surface area is 145 Å². The molecule has 0 atom stereocenters. The number of halogens is 2. The van der Waals surface area contributed by atoms with Gasteiger partial charge < -0.3 is 4.74 Å². The van der Waals surface area contributed by atoms with Gasteiger partial charge in [0.15, 0.2) is 0 Å². The predicted molar refractivity (Wildman–Crippen MR) is 88.6 cm³/mol. The summed E-state index contributed by atoms with van der Waals surface area (Å²) in [4.78, 5) is 11.4. The van der Waals surface area contributed by atoms with Crippen molar-refractivity contribution in [1.29, 1.82) is 0 Å². The van der Waals surface area contributed by atoms with E-state index in [-0.39, 0.29) is 6.61 Å². The summed E-state index contributed by atoms with van der Waals surface area (Å²) in [7, 11) is 0. The van der Waals surface area contributed by atoms with Crippen LogP contribution in [0, 0.1) is 0 Å². The largest absolute Gasteiger partial charge is 0.456 e. The van der Waals surface area contributed by atoms with Crippen molar-refractivity contribution < 1.29 is 32.9 Å². The normalized spacial score (nSPS) is 11.8. The molecule has 0 aliphatic carbocycles. The minimum Gasteiger partial charge on any atom is -0.456 e. The van der Waals surface area contributed by atoms with Gasteiger partial charge in [-0.3, -0.25) is 0 Å². The lowest BCUT2D eigenvalue weighted by Crippen LogP contribution is -2.27. The van der Waals surface area contributed by atoms with E-state index in [1.807, 2.05) is 42.5 Å². The van der Waals surface area contributed by atoms with Gasteiger partial charge >= 0.3 is 11.2 Å². The zero-order chi connectivity index (χ0) is 17.9. The van der Waals surface area contributed by atoms with Crippen LogP contribution in [0.2, 0.25) is 0 Å². The van der Waals surface area contributed by atoms with Crippen molar-refractivity contribution in [2.45, 2.75) is 11.9 Å². The number of fused-ring (bicyclic) bond motifs is 2. The third kappa shape index (κ3) is 4.05. The van der Waals surface area contributed by atoms with Crippen molar-refractivity contribution in [3.05, 3.63) is 60.2 Å².